The molecule has 0 bridgehead atoms. The number of benzene rings is 2. The van der Waals surface area contributed by atoms with Crippen molar-refractivity contribution >= 4 is 17.4 Å². The molecule has 2 aromatic heterocycles. The molecule has 29 heavy (non-hydrogen) atoms. The maximum atomic E-state index is 13.2. The van der Waals surface area contributed by atoms with Gasteiger partial charge in [0.1, 0.15) is 5.82 Å². The third-order valence-corrected chi connectivity index (χ3v) is 4.63. The predicted octanol–water partition coefficient (Wildman–Crippen LogP) is 2.81. The molecule has 0 aliphatic rings. The van der Waals surface area contributed by atoms with Gasteiger partial charge in [-0.25, -0.2) is 4.98 Å². The van der Waals surface area contributed by atoms with Gasteiger partial charge < -0.3 is 4.90 Å². The third-order valence-electron chi connectivity index (χ3n) is 4.63. The Morgan fingerprint density at radius 3 is 2.59 bits per heavy atom. The van der Waals surface area contributed by atoms with Gasteiger partial charge in [-0.2, -0.15) is 9.50 Å². The Kier molecular flexibility index (Phi) is 4.95. The fourth-order valence-electron chi connectivity index (χ4n) is 3.24. The fraction of sp³-hybridized carbons (Fsp3) is 0.182. The molecule has 0 atom stereocenters. The molecule has 4 aromatic rings. The molecular formula is C22H21N5O2. The van der Waals surface area contributed by atoms with Crippen molar-refractivity contribution in [2.24, 2.45) is 0 Å². The lowest BCUT2D eigenvalue weighted by Gasteiger charge is -2.22. The summed E-state index contributed by atoms with van der Waals surface area (Å²) in [6, 6.07) is 18.8. The van der Waals surface area contributed by atoms with Gasteiger partial charge in [-0.1, -0.05) is 42.5 Å². The van der Waals surface area contributed by atoms with Gasteiger partial charge in [0.25, 0.3) is 11.3 Å². The van der Waals surface area contributed by atoms with Crippen molar-refractivity contribution in [3.8, 4) is 0 Å². The summed E-state index contributed by atoms with van der Waals surface area (Å²) in [4.78, 5) is 35.7. The van der Waals surface area contributed by atoms with Gasteiger partial charge in [0.05, 0.1) is 13.0 Å². The van der Waals surface area contributed by atoms with E-state index in [9.17, 15) is 9.59 Å². The topological polar surface area (TPSA) is 83.4 Å². The minimum Gasteiger partial charge on any atom is -0.305 e. The Labute approximate surface area is 167 Å². The summed E-state index contributed by atoms with van der Waals surface area (Å²) in [6.07, 6.45) is 0.270. The average Bonchev–Trinajstić information content (AvgIpc) is 3.10. The summed E-state index contributed by atoms with van der Waals surface area (Å²) >= 11 is 0. The van der Waals surface area contributed by atoms with Crippen LogP contribution in [0.4, 0.5) is 5.69 Å². The van der Waals surface area contributed by atoms with Gasteiger partial charge in [-0.05, 0) is 37.1 Å². The van der Waals surface area contributed by atoms with Crippen LogP contribution in [0.2, 0.25) is 0 Å². The number of aromatic nitrogens is 4. The first-order valence-corrected chi connectivity index (χ1v) is 9.36. The average molecular weight is 387 g/mol. The van der Waals surface area contributed by atoms with E-state index in [-0.39, 0.29) is 24.4 Å². The normalized spacial score (nSPS) is 11.0. The number of nitrogens with one attached hydrogen (secondary N) is 1. The molecule has 0 aliphatic carbocycles. The SMILES string of the molecule is Cc1cccc(N(Cc2nc3nc(C)cc(=O)n3[nH]2)C(=O)Cc2ccccc2)c1. The number of fused-ring (bicyclic) bond motifs is 1. The van der Waals surface area contributed by atoms with Crippen molar-refractivity contribution in [2.45, 2.75) is 26.8 Å². The number of aryl methyl sites for hydroxylation is 2. The Hall–Kier alpha value is -3.74. The highest BCUT2D eigenvalue weighted by atomic mass is 16.2. The number of carbonyl (C=O) groups is 1. The zero-order valence-corrected chi connectivity index (χ0v) is 16.3. The lowest BCUT2D eigenvalue weighted by molar-refractivity contribution is -0.118. The molecule has 7 heteroatoms. The van der Waals surface area contributed by atoms with Crippen LogP contribution >= 0.6 is 0 Å². The highest BCUT2D eigenvalue weighted by Crippen LogP contribution is 2.19. The molecular weight excluding hydrogens is 366 g/mol. The van der Waals surface area contributed by atoms with E-state index >= 15 is 0 Å². The maximum Gasteiger partial charge on any atom is 0.274 e. The molecule has 0 saturated carbocycles. The summed E-state index contributed by atoms with van der Waals surface area (Å²) in [7, 11) is 0. The summed E-state index contributed by atoms with van der Waals surface area (Å²) < 4.78 is 1.29. The summed E-state index contributed by atoms with van der Waals surface area (Å²) in [5.41, 5.74) is 3.14. The number of aromatic amines is 1. The Balaban J connectivity index is 1.69. The van der Waals surface area contributed by atoms with Gasteiger partial charge in [-0.15, -0.1) is 0 Å². The first-order valence-electron chi connectivity index (χ1n) is 9.36. The fourth-order valence-corrected chi connectivity index (χ4v) is 3.24. The van der Waals surface area contributed by atoms with Crippen molar-refractivity contribution in [1.29, 1.82) is 0 Å². The molecule has 0 fully saturated rings. The van der Waals surface area contributed by atoms with Crippen LogP contribution in [-0.4, -0.2) is 25.5 Å². The molecule has 2 heterocycles. The van der Waals surface area contributed by atoms with E-state index in [4.69, 9.17) is 0 Å². The molecule has 146 valence electrons. The molecule has 2 aromatic carbocycles. The van der Waals surface area contributed by atoms with Crippen LogP contribution in [0.3, 0.4) is 0 Å². The predicted molar refractivity (Wildman–Crippen MR) is 111 cm³/mol. The van der Waals surface area contributed by atoms with E-state index in [2.05, 4.69) is 15.1 Å². The molecule has 0 saturated heterocycles. The van der Waals surface area contributed by atoms with Gasteiger partial charge in [-0.3, -0.25) is 14.7 Å². The van der Waals surface area contributed by atoms with E-state index in [1.54, 1.807) is 11.8 Å². The highest BCUT2D eigenvalue weighted by Gasteiger charge is 2.19. The summed E-state index contributed by atoms with van der Waals surface area (Å²) in [5, 5.41) is 2.96. The quantitative estimate of drug-likeness (QED) is 0.571. The number of H-pyrrole nitrogens is 1. The molecule has 0 spiro atoms. The van der Waals surface area contributed by atoms with E-state index in [0.717, 1.165) is 16.8 Å². The van der Waals surface area contributed by atoms with Gasteiger partial charge in [0.2, 0.25) is 5.91 Å². The number of nitrogens with zero attached hydrogens (tertiary/aromatic N) is 4. The molecule has 1 N–H and O–H groups in total. The molecule has 7 nitrogen and oxygen atoms in total. The number of amides is 1. The van der Waals surface area contributed by atoms with Gasteiger partial charge in [0.15, 0.2) is 0 Å². The standard InChI is InChI=1S/C22H21N5O2/c1-15-7-6-10-18(11-15)26(20(28)13-17-8-4-3-5-9-17)14-19-24-22-23-16(2)12-21(29)27(22)25-19/h3-12H,13-14H2,1-2H3,(H,23,24,25). The molecule has 0 unspecified atom stereocenters. The van der Waals surface area contributed by atoms with Crippen molar-refractivity contribution in [3.05, 3.63) is 93.7 Å². The third kappa shape index (κ3) is 4.08. The van der Waals surface area contributed by atoms with Crippen molar-refractivity contribution in [3.63, 3.8) is 0 Å². The van der Waals surface area contributed by atoms with Crippen LogP contribution in [0.1, 0.15) is 22.6 Å². The smallest absolute Gasteiger partial charge is 0.274 e. The van der Waals surface area contributed by atoms with E-state index in [1.165, 1.54) is 10.6 Å². The van der Waals surface area contributed by atoms with Crippen LogP contribution in [0.5, 0.6) is 0 Å². The molecule has 0 radical (unpaired) electrons. The Morgan fingerprint density at radius 2 is 1.83 bits per heavy atom. The minimum atomic E-state index is -0.232. The lowest BCUT2D eigenvalue weighted by Crippen LogP contribution is -2.32. The second kappa shape index (κ2) is 7.71. The lowest BCUT2D eigenvalue weighted by atomic mass is 10.1. The summed E-state index contributed by atoms with van der Waals surface area (Å²) in [5.74, 6) is 0.728. The van der Waals surface area contributed by atoms with Crippen molar-refractivity contribution < 1.29 is 4.79 Å². The minimum absolute atomic E-state index is 0.0567. The van der Waals surface area contributed by atoms with E-state index in [0.29, 0.717) is 17.3 Å². The first kappa shape index (κ1) is 18.6. The zero-order valence-electron chi connectivity index (χ0n) is 16.3. The second-order valence-corrected chi connectivity index (χ2v) is 7.02. The largest absolute Gasteiger partial charge is 0.305 e. The molecule has 0 aliphatic heterocycles. The van der Waals surface area contributed by atoms with E-state index < -0.39 is 0 Å². The van der Waals surface area contributed by atoms with Crippen LogP contribution in [0.25, 0.3) is 5.78 Å². The Bertz CT molecular complexity index is 1230. The first-order chi connectivity index (χ1) is 14.0. The monoisotopic (exact) mass is 387 g/mol. The van der Waals surface area contributed by atoms with Crippen LogP contribution in [0, 0.1) is 13.8 Å². The number of rotatable bonds is 5. The number of hydrogen-bond acceptors (Lipinski definition) is 4. The number of hydrogen-bond donors (Lipinski definition) is 1. The van der Waals surface area contributed by atoms with E-state index in [1.807, 2.05) is 61.5 Å². The highest BCUT2D eigenvalue weighted by molar-refractivity contribution is 5.94. The van der Waals surface area contributed by atoms with Crippen LogP contribution < -0.4 is 10.5 Å². The van der Waals surface area contributed by atoms with Gasteiger partial charge in [0, 0.05) is 17.4 Å². The van der Waals surface area contributed by atoms with Crippen molar-refractivity contribution in [2.75, 3.05) is 4.90 Å². The number of anilines is 1. The Morgan fingerprint density at radius 1 is 1.03 bits per heavy atom. The number of carbonyl (C=O) groups excluding carboxylic acids is 1. The maximum absolute atomic E-state index is 13.2. The second-order valence-electron chi connectivity index (χ2n) is 7.02. The zero-order chi connectivity index (χ0) is 20.4. The molecule has 4 rings (SSSR count). The van der Waals surface area contributed by atoms with Crippen LogP contribution in [0.15, 0.2) is 65.5 Å². The van der Waals surface area contributed by atoms with Crippen molar-refractivity contribution in [1.82, 2.24) is 19.6 Å². The van der Waals surface area contributed by atoms with Gasteiger partial charge >= 0.3 is 0 Å². The molecule has 1 amide bonds. The van der Waals surface area contributed by atoms with Crippen LogP contribution in [-0.2, 0) is 17.8 Å². The summed E-state index contributed by atoms with van der Waals surface area (Å²) in [6.45, 7) is 3.94.